The summed E-state index contributed by atoms with van der Waals surface area (Å²) in [4.78, 5) is 33.5. The topological polar surface area (TPSA) is 90.5 Å². The second-order valence-corrected chi connectivity index (χ2v) is 11.1. The van der Waals surface area contributed by atoms with Crippen molar-refractivity contribution >= 4 is 27.4 Å². The van der Waals surface area contributed by atoms with E-state index in [4.69, 9.17) is 0 Å². The van der Waals surface area contributed by atoms with Crippen LogP contribution in [0.25, 0.3) is 5.52 Å². The van der Waals surface area contributed by atoms with Crippen molar-refractivity contribution < 1.29 is 4.79 Å². The second kappa shape index (κ2) is 10.5. The number of nitrogens with one attached hydrogen (secondary N) is 1. The van der Waals surface area contributed by atoms with E-state index in [-0.39, 0.29) is 27.9 Å². The maximum absolute atomic E-state index is 13.3. The van der Waals surface area contributed by atoms with Gasteiger partial charge in [-0.2, -0.15) is 5.26 Å². The Kier molecular flexibility index (Phi) is 7.22. The fourth-order valence-corrected chi connectivity index (χ4v) is 6.23. The Morgan fingerprint density at radius 3 is 2.67 bits per heavy atom. The minimum Gasteiger partial charge on any atom is -0.348 e. The van der Waals surface area contributed by atoms with Crippen molar-refractivity contribution in [1.82, 2.24) is 19.6 Å². The Morgan fingerprint density at radius 2 is 1.94 bits per heavy atom. The lowest BCUT2D eigenvalue weighted by Gasteiger charge is -2.37. The molecule has 0 spiro atoms. The van der Waals surface area contributed by atoms with Crippen molar-refractivity contribution in [3.05, 3.63) is 82.0 Å². The number of alkyl halides is 1. The number of carbonyl (C=O) groups is 1. The van der Waals surface area contributed by atoms with Crippen molar-refractivity contribution in [2.45, 2.75) is 61.4 Å². The molecular formula is C28H30BrN5O2. The molecule has 1 amide bonds. The summed E-state index contributed by atoms with van der Waals surface area (Å²) in [7, 11) is 0. The molecule has 186 valence electrons. The van der Waals surface area contributed by atoms with Gasteiger partial charge in [0, 0.05) is 42.9 Å². The minimum absolute atomic E-state index is 0.0263. The predicted octanol–water partition coefficient (Wildman–Crippen LogP) is 4.19. The lowest BCUT2D eigenvalue weighted by atomic mass is 9.76. The van der Waals surface area contributed by atoms with Crippen LogP contribution >= 0.6 is 15.9 Å². The maximum atomic E-state index is 13.3. The zero-order valence-electron chi connectivity index (χ0n) is 20.2. The molecule has 0 aromatic carbocycles. The Labute approximate surface area is 219 Å². The van der Waals surface area contributed by atoms with Crippen molar-refractivity contribution in [2.75, 3.05) is 13.1 Å². The summed E-state index contributed by atoms with van der Waals surface area (Å²) in [5.74, 6) is -0.312. The number of amides is 1. The molecule has 1 saturated carbocycles. The highest BCUT2D eigenvalue weighted by Crippen LogP contribution is 2.34. The zero-order chi connectivity index (χ0) is 25.1. The molecule has 8 heteroatoms. The Morgan fingerprint density at radius 1 is 1.17 bits per heavy atom. The molecule has 2 atom stereocenters. The monoisotopic (exact) mass is 547 g/mol. The number of pyridine rings is 3. The number of piperidine rings is 1. The fourth-order valence-electron chi connectivity index (χ4n) is 5.51. The number of hydrogen-bond donors (Lipinski definition) is 1. The maximum Gasteiger partial charge on any atom is 0.267 e. The molecule has 4 heterocycles. The highest BCUT2D eigenvalue weighted by atomic mass is 79.9. The molecule has 7 nitrogen and oxygen atoms in total. The largest absolute Gasteiger partial charge is 0.348 e. The van der Waals surface area contributed by atoms with E-state index >= 15 is 0 Å². The number of nitriles is 1. The molecule has 1 N–H and O–H groups in total. The van der Waals surface area contributed by atoms with E-state index in [1.165, 1.54) is 0 Å². The lowest BCUT2D eigenvalue weighted by molar-refractivity contribution is 0.0928. The number of hydrogen-bond acceptors (Lipinski definition) is 5. The molecule has 2 aliphatic rings. The first-order valence-electron chi connectivity index (χ1n) is 12.6. The zero-order valence-corrected chi connectivity index (χ0v) is 21.8. The summed E-state index contributed by atoms with van der Waals surface area (Å²) in [6.07, 6.45) is 9.00. The summed E-state index contributed by atoms with van der Waals surface area (Å²) >= 11 is 3.69. The molecule has 5 rings (SSSR count). The van der Waals surface area contributed by atoms with Gasteiger partial charge in [0.2, 0.25) is 0 Å². The van der Waals surface area contributed by atoms with E-state index in [1.54, 1.807) is 22.9 Å². The Bertz CT molecular complexity index is 1340. The summed E-state index contributed by atoms with van der Waals surface area (Å²) in [5.41, 5.74) is 1.86. The first-order chi connectivity index (χ1) is 17.5. The van der Waals surface area contributed by atoms with E-state index in [0.29, 0.717) is 19.4 Å². The average Bonchev–Trinajstić information content (AvgIpc) is 2.92. The standard InChI is InChI=1S/C28H30BrN5O2/c29-22-7-1-2-8-23(22)32-26(35)21-17-20(24-9-4-6-14-34(24)27(21)36)18-33-15-11-28(19-30,12-16-33)25-10-3-5-13-31-25/h3-6,9-10,13-14,17,22-23H,1-2,7-8,11-12,15-16,18H2,(H,32,35)/t22-,23-/m0/s1. The van der Waals surface area contributed by atoms with Crippen LogP contribution in [0.5, 0.6) is 0 Å². The summed E-state index contributed by atoms with van der Waals surface area (Å²) in [6, 6.07) is 15.7. The molecule has 1 saturated heterocycles. The number of aromatic nitrogens is 2. The van der Waals surface area contributed by atoms with Gasteiger partial charge in [0.05, 0.1) is 17.3 Å². The highest BCUT2D eigenvalue weighted by Gasteiger charge is 2.37. The van der Waals surface area contributed by atoms with Crippen LogP contribution in [0, 0.1) is 11.3 Å². The van der Waals surface area contributed by atoms with E-state index in [0.717, 1.165) is 55.5 Å². The molecule has 1 aliphatic heterocycles. The third kappa shape index (κ3) is 4.82. The molecule has 3 aromatic rings. The van der Waals surface area contributed by atoms with Gasteiger partial charge in [-0.1, -0.05) is 40.9 Å². The van der Waals surface area contributed by atoms with Crippen LogP contribution < -0.4 is 10.9 Å². The average molecular weight is 548 g/mol. The number of likely N-dealkylation sites (tertiary alicyclic amines) is 1. The smallest absolute Gasteiger partial charge is 0.267 e. The Balaban J connectivity index is 1.39. The van der Waals surface area contributed by atoms with Crippen LogP contribution in [0.1, 0.15) is 60.1 Å². The van der Waals surface area contributed by atoms with E-state index in [1.807, 2.05) is 36.4 Å². The summed E-state index contributed by atoms with van der Waals surface area (Å²) in [6.45, 7) is 2.07. The molecule has 2 fully saturated rings. The predicted molar refractivity (Wildman–Crippen MR) is 142 cm³/mol. The summed E-state index contributed by atoms with van der Waals surface area (Å²) in [5, 5.41) is 13.1. The van der Waals surface area contributed by atoms with Crippen LogP contribution in [0.3, 0.4) is 0 Å². The first-order valence-corrected chi connectivity index (χ1v) is 13.6. The number of fused-ring (bicyclic) bond motifs is 1. The molecule has 36 heavy (non-hydrogen) atoms. The van der Waals surface area contributed by atoms with Crippen molar-refractivity contribution in [3.63, 3.8) is 0 Å². The van der Waals surface area contributed by atoms with E-state index < -0.39 is 5.41 Å². The van der Waals surface area contributed by atoms with Crippen LogP contribution in [0.15, 0.2) is 59.7 Å². The van der Waals surface area contributed by atoms with Gasteiger partial charge in [-0.05, 0) is 61.6 Å². The number of nitrogens with zero attached hydrogens (tertiary/aromatic N) is 4. The van der Waals surface area contributed by atoms with Crippen LogP contribution in [0.4, 0.5) is 0 Å². The van der Waals surface area contributed by atoms with Crippen molar-refractivity contribution in [2.24, 2.45) is 0 Å². The van der Waals surface area contributed by atoms with Crippen LogP contribution in [-0.4, -0.2) is 44.2 Å². The Hall–Kier alpha value is -3.02. The first kappa shape index (κ1) is 24.7. The van der Waals surface area contributed by atoms with Crippen molar-refractivity contribution in [1.29, 1.82) is 5.26 Å². The highest BCUT2D eigenvalue weighted by molar-refractivity contribution is 9.09. The van der Waals surface area contributed by atoms with Gasteiger partial charge in [-0.15, -0.1) is 0 Å². The van der Waals surface area contributed by atoms with Gasteiger partial charge < -0.3 is 5.32 Å². The molecule has 1 aliphatic carbocycles. The fraction of sp³-hybridized carbons (Fsp3) is 0.429. The summed E-state index contributed by atoms with van der Waals surface area (Å²) < 4.78 is 1.58. The van der Waals surface area contributed by atoms with Gasteiger partial charge >= 0.3 is 0 Å². The second-order valence-electron chi connectivity index (χ2n) is 9.91. The molecule has 0 unspecified atom stereocenters. The number of halogens is 1. The minimum atomic E-state index is -0.579. The van der Waals surface area contributed by atoms with Gasteiger partial charge in [0.15, 0.2) is 0 Å². The quantitative estimate of drug-likeness (QED) is 0.483. The molecule has 3 aromatic heterocycles. The SMILES string of the molecule is N#CC1(c2ccccn2)CCN(Cc2cc(C(=O)N[C@H]3CCCC[C@@H]3Br)c(=O)n3ccccc23)CC1. The van der Waals surface area contributed by atoms with Crippen molar-refractivity contribution in [3.8, 4) is 6.07 Å². The van der Waals surface area contributed by atoms with Gasteiger partial charge in [-0.25, -0.2) is 0 Å². The lowest BCUT2D eigenvalue weighted by Crippen LogP contribution is -2.44. The van der Waals surface area contributed by atoms with Crippen LogP contribution in [-0.2, 0) is 12.0 Å². The van der Waals surface area contributed by atoms with Gasteiger partial charge in [-0.3, -0.25) is 23.9 Å². The molecule has 0 bridgehead atoms. The van der Waals surface area contributed by atoms with E-state index in [2.05, 4.69) is 37.2 Å². The van der Waals surface area contributed by atoms with Crippen LogP contribution in [0.2, 0.25) is 0 Å². The number of rotatable bonds is 5. The normalized spacial score (nSPS) is 22.1. The van der Waals surface area contributed by atoms with Gasteiger partial charge in [0.25, 0.3) is 11.5 Å². The van der Waals surface area contributed by atoms with Gasteiger partial charge in [0.1, 0.15) is 11.0 Å². The molecular weight excluding hydrogens is 518 g/mol. The third-order valence-electron chi connectivity index (χ3n) is 7.67. The molecule has 0 radical (unpaired) electrons. The van der Waals surface area contributed by atoms with E-state index in [9.17, 15) is 14.9 Å². The third-order valence-corrected chi connectivity index (χ3v) is 8.77. The number of carbonyl (C=O) groups excluding carboxylic acids is 1.